The molecule has 3 rings (SSSR count). The average molecular weight is 371 g/mol. The van der Waals surface area contributed by atoms with Gasteiger partial charge in [0.2, 0.25) is 0 Å². The first-order valence-electron chi connectivity index (χ1n) is 9.65. The van der Waals surface area contributed by atoms with Crippen LogP contribution in [0.2, 0.25) is 0 Å². The molecule has 0 saturated carbocycles. The second-order valence-corrected chi connectivity index (χ2v) is 7.25. The van der Waals surface area contributed by atoms with Crippen molar-refractivity contribution >= 4 is 5.91 Å². The summed E-state index contributed by atoms with van der Waals surface area (Å²) in [5.41, 5.74) is 2.11. The Labute approximate surface area is 160 Å². The molecule has 7 nitrogen and oxygen atoms in total. The fourth-order valence-electron chi connectivity index (χ4n) is 3.19. The molecule has 0 radical (unpaired) electrons. The van der Waals surface area contributed by atoms with Gasteiger partial charge in [0.15, 0.2) is 11.4 Å². The summed E-state index contributed by atoms with van der Waals surface area (Å²) in [6, 6.07) is 7.96. The Morgan fingerprint density at radius 1 is 1.26 bits per heavy atom. The van der Waals surface area contributed by atoms with E-state index in [1.54, 1.807) is 0 Å². The topological polar surface area (TPSA) is 82.4 Å². The fourth-order valence-corrected chi connectivity index (χ4v) is 3.19. The largest absolute Gasteiger partial charge is 0.504 e. The molecule has 0 unspecified atom stereocenters. The van der Waals surface area contributed by atoms with Gasteiger partial charge in [-0.25, -0.2) is 4.68 Å². The molecule has 0 spiro atoms. The summed E-state index contributed by atoms with van der Waals surface area (Å²) >= 11 is 0. The van der Waals surface area contributed by atoms with Gasteiger partial charge in [0, 0.05) is 32.7 Å². The van der Waals surface area contributed by atoms with Crippen molar-refractivity contribution in [1.29, 1.82) is 0 Å². The van der Waals surface area contributed by atoms with E-state index in [1.165, 1.54) is 16.4 Å². The van der Waals surface area contributed by atoms with Crippen molar-refractivity contribution in [2.24, 2.45) is 0 Å². The minimum atomic E-state index is -0.342. The Balaban J connectivity index is 1.54. The predicted molar refractivity (Wildman–Crippen MR) is 106 cm³/mol. The van der Waals surface area contributed by atoms with Crippen LogP contribution in [0.1, 0.15) is 42.2 Å². The van der Waals surface area contributed by atoms with E-state index in [1.807, 2.05) is 24.3 Å². The van der Waals surface area contributed by atoms with E-state index in [0.717, 1.165) is 44.8 Å². The van der Waals surface area contributed by atoms with Crippen molar-refractivity contribution in [2.75, 3.05) is 39.3 Å². The van der Waals surface area contributed by atoms with Gasteiger partial charge in [0.1, 0.15) is 0 Å². The van der Waals surface area contributed by atoms with E-state index in [2.05, 4.69) is 34.5 Å². The second kappa shape index (κ2) is 9.01. The third-order valence-electron chi connectivity index (χ3n) is 4.88. The first kappa shape index (κ1) is 19.4. The monoisotopic (exact) mass is 371 g/mol. The van der Waals surface area contributed by atoms with Crippen LogP contribution < -0.4 is 10.6 Å². The second-order valence-electron chi connectivity index (χ2n) is 7.25. The summed E-state index contributed by atoms with van der Waals surface area (Å²) in [7, 11) is 0. The lowest BCUT2D eigenvalue weighted by atomic mass is 10.0. The van der Waals surface area contributed by atoms with Crippen LogP contribution >= 0.6 is 0 Å². The Hall–Kier alpha value is -2.38. The SMILES string of the molecule is CC(C)c1ccc(-n2cc(O)c(C(=O)NCCCN3CCNCC3)n2)cc1. The van der Waals surface area contributed by atoms with Gasteiger partial charge >= 0.3 is 0 Å². The number of hydrogen-bond acceptors (Lipinski definition) is 5. The zero-order chi connectivity index (χ0) is 19.2. The molecule has 1 aliphatic heterocycles. The lowest BCUT2D eigenvalue weighted by Gasteiger charge is -2.26. The minimum absolute atomic E-state index is 0.0603. The van der Waals surface area contributed by atoms with Crippen LogP contribution in [0.3, 0.4) is 0 Å². The predicted octanol–water partition coefficient (Wildman–Crippen LogP) is 1.73. The maximum absolute atomic E-state index is 12.3. The molecule has 0 bridgehead atoms. The highest BCUT2D eigenvalue weighted by molar-refractivity contribution is 5.94. The summed E-state index contributed by atoms with van der Waals surface area (Å²) in [5.74, 6) is 0.000477. The highest BCUT2D eigenvalue weighted by Gasteiger charge is 2.17. The van der Waals surface area contributed by atoms with Gasteiger partial charge in [0.25, 0.3) is 5.91 Å². The molecule has 27 heavy (non-hydrogen) atoms. The van der Waals surface area contributed by atoms with Gasteiger partial charge in [-0.15, -0.1) is 0 Å². The van der Waals surface area contributed by atoms with Gasteiger partial charge in [0.05, 0.1) is 11.9 Å². The zero-order valence-corrected chi connectivity index (χ0v) is 16.1. The van der Waals surface area contributed by atoms with E-state index >= 15 is 0 Å². The Morgan fingerprint density at radius 3 is 2.63 bits per heavy atom. The summed E-state index contributed by atoms with van der Waals surface area (Å²) in [6.07, 6.45) is 2.35. The number of nitrogens with one attached hydrogen (secondary N) is 2. The number of amides is 1. The molecule has 1 fully saturated rings. The Morgan fingerprint density at radius 2 is 1.96 bits per heavy atom. The molecular weight excluding hydrogens is 342 g/mol. The number of carbonyl (C=O) groups excluding carboxylic acids is 1. The molecule has 1 aromatic heterocycles. The number of hydrogen-bond donors (Lipinski definition) is 3. The number of benzene rings is 1. The number of nitrogens with zero attached hydrogens (tertiary/aromatic N) is 3. The highest BCUT2D eigenvalue weighted by Crippen LogP contribution is 2.20. The quantitative estimate of drug-likeness (QED) is 0.646. The van der Waals surface area contributed by atoms with Gasteiger partial charge in [-0.1, -0.05) is 26.0 Å². The lowest BCUT2D eigenvalue weighted by molar-refractivity contribution is 0.0943. The molecule has 1 aromatic carbocycles. The van der Waals surface area contributed by atoms with Crippen molar-refractivity contribution in [3.8, 4) is 11.4 Å². The first-order chi connectivity index (χ1) is 13.0. The van der Waals surface area contributed by atoms with Crippen LogP contribution in [0.15, 0.2) is 30.5 Å². The summed E-state index contributed by atoms with van der Waals surface area (Å²) < 4.78 is 1.54. The molecule has 0 atom stereocenters. The standard InChI is InChI=1S/C20H29N5O2/c1-15(2)16-4-6-17(7-5-16)25-14-18(26)19(23-25)20(27)22-8-3-11-24-12-9-21-10-13-24/h4-7,14-15,21,26H,3,8-13H2,1-2H3,(H,22,27). The van der Waals surface area contributed by atoms with Gasteiger partial charge in [-0.05, 0) is 36.6 Å². The Bertz CT molecular complexity index is 748. The molecule has 1 amide bonds. The van der Waals surface area contributed by atoms with Gasteiger partial charge < -0.3 is 20.6 Å². The van der Waals surface area contributed by atoms with Crippen molar-refractivity contribution < 1.29 is 9.90 Å². The smallest absolute Gasteiger partial charge is 0.275 e. The van der Waals surface area contributed by atoms with Crippen molar-refractivity contribution in [2.45, 2.75) is 26.2 Å². The van der Waals surface area contributed by atoms with Crippen LogP contribution in [0.25, 0.3) is 5.69 Å². The molecule has 2 aromatic rings. The first-order valence-corrected chi connectivity index (χ1v) is 9.65. The summed E-state index contributed by atoms with van der Waals surface area (Å²) in [4.78, 5) is 14.7. The molecule has 1 saturated heterocycles. The molecule has 1 aliphatic rings. The number of aromatic hydroxyl groups is 1. The molecule has 0 aliphatic carbocycles. The van der Waals surface area contributed by atoms with Crippen molar-refractivity contribution in [3.05, 3.63) is 41.7 Å². The maximum atomic E-state index is 12.3. The van der Waals surface area contributed by atoms with E-state index in [0.29, 0.717) is 12.5 Å². The average Bonchev–Trinajstić information content (AvgIpc) is 3.08. The van der Waals surface area contributed by atoms with Gasteiger partial charge in [-0.2, -0.15) is 5.10 Å². The van der Waals surface area contributed by atoms with Crippen LogP contribution in [-0.4, -0.2) is 65.0 Å². The molecule has 146 valence electrons. The number of carbonyl (C=O) groups is 1. The fraction of sp³-hybridized carbons (Fsp3) is 0.500. The van der Waals surface area contributed by atoms with Crippen LogP contribution in [0, 0.1) is 0 Å². The number of aromatic nitrogens is 2. The van der Waals surface area contributed by atoms with E-state index < -0.39 is 0 Å². The highest BCUT2D eigenvalue weighted by atomic mass is 16.3. The number of rotatable bonds is 7. The van der Waals surface area contributed by atoms with E-state index in [-0.39, 0.29) is 17.4 Å². The molecular formula is C20H29N5O2. The van der Waals surface area contributed by atoms with Crippen molar-refractivity contribution in [1.82, 2.24) is 25.3 Å². The normalized spacial score (nSPS) is 15.2. The summed E-state index contributed by atoms with van der Waals surface area (Å²) in [5, 5.41) is 20.5. The minimum Gasteiger partial charge on any atom is -0.504 e. The van der Waals surface area contributed by atoms with Crippen molar-refractivity contribution in [3.63, 3.8) is 0 Å². The van der Waals surface area contributed by atoms with Crippen LogP contribution in [0.5, 0.6) is 5.75 Å². The van der Waals surface area contributed by atoms with E-state index in [4.69, 9.17) is 0 Å². The third kappa shape index (κ3) is 5.08. The molecule has 7 heteroatoms. The summed E-state index contributed by atoms with van der Waals surface area (Å²) in [6.45, 7) is 9.95. The maximum Gasteiger partial charge on any atom is 0.275 e. The van der Waals surface area contributed by atoms with Crippen LogP contribution in [-0.2, 0) is 0 Å². The Kier molecular flexibility index (Phi) is 6.47. The third-order valence-corrected chi connectivity index (χ3v) is 4.88. The van der Waals surface area contributed by atoms with E-state index in [9.17, 15) is 9.90 Å². The zero-order valence-electron chi connectivity index (χ0n) is 16.1. The number of piperazine rings is 1. The van der Waals surface area contributed by atoms with Crippen LogP contribution in [0.4, 0.5) is 0 Å². The molecule has 3 N–H and O–H groups in total. The molecule has 2 heterocycles. The lowest BCUT2D eigenvalue weighted by Crippen LogP contribution is -2.44. The van der Waals surface area contributed by atoms with Gasteiger partial charge in [-0.3, -0.25) is 4.79 Å².